The molecule has 0 aromatic heterocycles. The first-order chi connectivity index (χ1) is 29.5. The Bertz CT molecular complexity index is 1720. The van der Waals surface area contributed by atoms with Crippen LogP contribution in [-0.4, -0.2) is 170 Å². The SMILES string of the molecule is C[C@H]1[C@H](C)CC[C@]23COC4(C=C[C@@H]5[C@@]6(C)CC[C@H](O[C@@H]7O[C@H](C)[C@H](O)[C@H](O)[C@H]7O[C@@H]7O[C@H](CO)[C@@H](O)[C@H](O)[C@H]7O[C@@H]7OC[C@@H](O)[C@H](O)[C@H]7O)C(C)(C)[C@@H]6CC[C@@]5(C)[C@]4(C)C[C@H]2O)[C@H]13. The summed E-state index contributed by atoms with van der Waals surface area (Å²) in [4.78, 5) is 0. The molecule has 4 saturated carbocycles. The van der Waals surface area contributed by atoms with Crippen LogP contribution in [0.15, 0.2) is 12.2 Å². The first-order valence-corrected chi connectivity index (χ1v) is 23.8. The van der Waals surface area contributed by atoms with Crippen LogP contribution in [0.25, 0.3) is 0 Å². The second kappa shape index (κ2) is 16.1. The van der Waals surface area contributed by atoms with Gasteiger partial charge < -0.3 is 79.1 Å². The highest BCUT2D eigenvalue weighted by Gasteiger charge is 2.79. The molecule has 0 amide bonds. The molecule has 9 aliphatic rings. The van der Waals surface area contributed by atoms with E-state index in [0.717, 1.165) is 38.5 Å². The molecule has 9 N–H and O–H groups in total. The monoisotopic (exact) mass is 897 g/mol. The van der Waals surface area contributed by atoms with Crippen molar-refractivity contribution in [1.29, 1.82) is 0 Å². The molecule has 4 aliphatic heterocycles. The quantitative estimate of drug-likeness (QED) is 0.128. The number of aliphatic hydroxyl groups is 9. The van der Waals surface area contributed by atoms with Gasteiger partial charge >= 0.3 is 0 Å². The molecular formula is C47H76O16. The highest BCUT2D eigenvalue weighted by molar-refractivity contribution is 5.36. The van der Waals surface area contributed by atoms with Gasteiger partial charge in [-0.15, -0.1) is 0 Å². The van der Waals surface area contributed by atoms with E-state index in [9.17, 15) is 46.0 Å². The summed E-state index contributed by atoms with van der Waals surface area (Å²) in [7, 11) is 0. The van der Waals surface area contributed by atoms with E-state index in [-0.39, 0.29) is 39.4 Å². The average Bonchev–Trinajstić information content (AvgIpc) is 3.54. The summed E-state index contributed by atoms with van der Waals surface area (Å²) in [6.45, 7) is 17.6. The van der Waals surface area contributed by atoms with Crippen molar-refractivity contribution in [2.75, 3.05) is 19.8 Å². The third-order valence-corrected chi connectivity index (χ3v) is 19.8. The Labute approximate surface area is 371 Å². The third-order valence-electron chi connectivity index (χ3n) is 19.8. The van der Waals surface area contributed by atoms with Crippen LogP contribution in [0.4, 0.5) is 0 Å². The van der Waals surface area contributed by atoms with Crippen molar-refractivity contribution in [1.82, 2.24) is 0 Å². The van der Waals surface area contributed by atoms with E-state index in [1.165, 1.54) is 0 Å². The number of hydrogen-bond acceptors (Lipinski definition) is 16. The molecule has 63 heavy (non-hydrogen) atoms. The highest BCUT2D eigenvalue weighted by Crippen LogP contribution is 2.79. The summed E-state index contributed by atoms with van der Waals surface area (Å²) < 4.78 is 44.0. The van der Waals surface area contributed by atoms with Gasteiger partial charge in [0.15, 0.2) is 18.9 Å². The lowest BCUT2D eigenvalue weighted by atomic mass is 9.31. The van der Waals surface area contributed by atoms with E-state index in [4.69, 9.17) is 33.2 Å². The van der Waals surface area contributed by atoms with E-state index in [1.807, 2.05) is 0 Å². The van der Waals surface area contributed by atoms with Gasteiger partial charge in [0.1, 0.15) is 61.0 Å². The fourth-order valence-corrected chi connectivity index (χ4v) is 15.8. The lowest BCUT2D eigenvalue weighted by molar-refractivity contribution is -0.393. The van der Waals surface area contributed by atoms with Crippen molar-refractivity contribution in [3.05, 3.63) is 12.2 Å². The van der Waals surface area contributed by atoms with Crippen molar-refractivity contribution in [2.24, 2.45) is 56.7 Å². The first-order valence-electron chi connectivity index (χ1n) is 23.8. The fourth-order valence-electron chi connectivity index (χ4n) is 15.8. The zero-order valence-electron chi connectivity index (χ0n) is 38.2. The van der Waals surface area contributed by atoms with Crippen LogP contribution in [-0.2, 0) is 33.2 Å². The number of ether oxygens (including phenoxy) is 7. The molecular weight excluding hydrogens is 821 g/mol. The predicted molar refractivity (Wildman–Crippen MR) is 222 cm³/mol. The van der Waals surface area contributed by atoms with Gasteiger partial charge in [0.05, 0.1) is 43.7 Å². The summed E-state index contributed by atoms with van der Waals surface area (Å²) in [5.41, 5.74) is -1.67. The maximum atomic E-state index is 12.2. The highest BCUT2D eigenvalue weighted by atomic mass is 16.8. The normalized spacial score (nSPS) is 59.8. The van der Waals surface area contributed by atoms with Crippen LogP contribution in [0.5, 0.6) is 0 Å². The van der Waals surface area contributed by atoms with Gasteiger partial charge in [-0.3, -0.25) is 0 Å². The second-order valence-electron chi connectivity index (χ2n) is 22.9. The number of hydrogen-bond donors (Lipinski definition) is 9. The Morgan fingerprint density at radius 2 is 1.37 bits per heavy atom. The van der Waals surface area contributed by atoms with Gasteiger partial charge in [-0.2, -0.15) is 0 Å². The van der Waals surface area contributed by atoms with Gasteiger partial charge in [-0.1, -0.05) is 60.6 Å². The number of allylic oxidation sites excluding steroid dienone is 1. The Kier molecular flexibility index (Phi) is 12.1. The van der Waals surface area contributed by atoms with Crippen LogP contribution >= 0.6 is 0 Å². The Morgan fingerprint density at radius 3 is 2.06 bits per heavy atom. The molecule has 26 atom stereocenters. The molecule has 1 spiro atoms. The van der Waals surface area contributed by atoms with Gasteiger partial charge in [-0.05, 0) is 91.8 Å². The molecule has 16 nitrogen and oxygen atoms in total. The van der Waals surface area contributed by atoms with Gasteiger partial charge in [0.25, 0.3) is 0 Å². The van der Waals surface area contributed by atoms with Crippen LogP contribution in [0.1, 0.15) is 100 Å². The van der Waals surface area contributed by atoms with E-state index >= 15 is 0 Å². The summed E-state index contributed by atoms with van der Waals surface area (Å²) >= 11 is 0. The van der Waals surface area contributed by atoms with Crippen molar-refractivity contribution >= 4 is 0 Å². The molecule has 5 aliphatic carbocycles. The number of aliphatic hydroxyl groups excluding tert-OH is 9. The minimum Gasteiger partial charge on any atom is -0.394 e. The molecule has 4 saturated heterocycles. The van der Waals surface area contributed by atoms with Crippen LogP contribution < -0.4 is 0 Å². The van der Waals surface area contributed by atoms with Crippen LogP contribution in [0.3, 0.4) is 0 Å². The predicted octanol–water partition coefficient (Wildman–Crippen LogP) is 1.12. The Balaban J connectivity index is 0.978. The third kappa shape index (κ3) is 6.58. The summed E-state index contributed by atoms with van der Waals surface area (Å²) in [5, 5.41) is 98.1. The van der Waals surface area contributed by atoms with Crippen molar-refractivity contribution < 1.29 is 79.1 Å². The summed E-state index contributed by atoms with van der Waals surface area (Å²) in [6, 6.07) is 0. The standard InChI is InChI=1S/C47H76O16/c1-21-9-15-46-20-58-47(38(46)22(21)2)16-11-27-43(6)13-12-29(42(4,5)26(43)10-14-44(27,7)45(47,8)17-28(46)50)61-40-36(33(54)30(51)23(3)59-40)63-41-37(34(55)32(53)25(18-48)60-41)62-39-35(56)31(52)24(49)19-57-39/h11,16,21-41,48-56H,9-10,12-15,17-20H2,1-8H3/t21-,22+,23-,24-,25-,26+,27-,28-,29+,30+,31+,32-,33+,34+,35-,36-,37-,38-,39+,40+,41+,43+,44-,45+,46+,47?/m1/s1. The molecule has 2 bridgehead atoms. The second-order valence-corrected chi connectivity index (χ2v) is 22.9. The minimum atomic E-state index is -1.78. The number of rotatable bonds is 7. The van der Waals surface area contributed by atoms with Crippen LogP contribution in [0, 0.1) is 56.7 Å². The molecule has 9 rings (SSSR count). The fraction of sp³-hybridized carbons (Fsp3) is 0.957. The minimum absolute atomic E-state index is 0.139. The number of fused-ring (bicyclic) bond motifs is 4. The summed E-state index contributed by atoms with van der Waals surface area (Å²) in [6.07, 6.45) is -10.7. The lowest BCUT2D eigenvalue weighted by Crippen LogP contribution is -2.73. The van der Waals surface area contributed by atoms with Crippen molar-refractivity contribution in [2.45, 2.75) is 204 Å². The van der Waals surface area contributed by atoms with Gasteiger partial charge in [0, 0.05) is 16.7 Å². The molecule has 0 aromatic carbocycles. The maximum Gasteiger partial charge on any atom is 0.187 e. The molecule has 0 aromatic rings. The Morgan fingerprint density at radius 1 is 0.698 bits per heavy atom. The van der Waals surface area contributed by atoms with Crippen molar-refractivity contribution in [3.63, 3.8) is 0 Å². The smallest absolute Gasteiger partial charge is 0.187 e. The van der Waals surface area contributed by atoms with Crippen molar-refractivity contribution in [3.8, 4) is 0 Å². The molecule has 0 radical (unpaired) electrons. The zero-order valence-corrected chi connectivity index (χ0v) is 38.2. The van der Waals surface area contributed by atoms with E-state index in [1.54, 1.807) is 6.92 Å². The summed E-state index contributed by atoms with van der Waals surface area (Å²) in [5.74, 6) is 1.64. The molecule has 8 fully saturated rings. The Hall–Kier alpha value is -0.900. The van der Waals surface area contributed by atoms with E-state index in [0.29, 0.717) is 24.9 Å². The molecule has 360 valence electrons. The van der Waals surface area contributed by atoms with E-state index in [2.05, 4.69) is 60.6 Å². The largest absolute Gasteiger partial charge is 0.394 e. The first kappa shape index (κ1) is 47.2. The molecule has 1 unspecified atom stereocenters. The topological polar surface area (TPSA) is 247 Å². The van der Waals surface area contributed by atoms with Gasteiger partial charge in [0.2, 0.25) is 0 Å². The zero-order chi connectivity index (χ0) is 45.6. The molecule has 4 heterocycles. The van der Waals surface area contributed by atoms with Crippen LogP contribution in [0.2, 0.25) is 0 Å². The lowest BCUT2D eigenvalue weighted by Gasteiger charge is -2.73. The molecule has 16 heteroatoms. The maximum absolute atomic E-state index is 12.2. The van der Waals surface area contributed by atoms with E-state index < -0.39 is 122 Å². The average molecular weight is 897 g/mol. The van der Waals surface area contributed by atoms with Gasteiger partial charge in [-0.25, -0.2) is 0 Å².